The second-order valence-corrected chi connectivity index (χ2v) is 6.63. The number of carbonyl (C=O) groups is 1. The molecule has 2 aromatic carbocycles. The summed E-state index contributed by atoms with van der Waals surface area (Å²) >= 11 is 0. The Balaban J connectivity index is 1.79. The van der Waals surface area contributed by atoms with E-state index in [9.17, 15) is 4.79 Å². The zero-order valence-corrected chi connectivity index (χ0v) is 15.1. The number of hydrogen-bond donors (Lipinski definition) is 0. The van der Waals surface area contributed by atoms with Crippen LogP contribution in [0.5, 0.6) is 5.75 Å². The summed E-state index contributed by atoms with van der Waals surface area (Å²) in [6.07, 6.45) is 1.03. The van der Waals surface area contributed by atoms with Gasteiger partial charge in [-0.2, -0.15) is 0 Å². The molecule has 0 spiro atoms. The molecular weight excluding hydrogens is 314 g/mol. The van der Waals surface area contributed by atoms with Crippen molar-refractivity contribution in [3.05, 3.63) is 64.7 Å². The van der Waals surface area contributed by atoms with Gasteiger partial charge >= 0.3 is 0 Å². The lowest BCUT2D eigenvalue weighted by Gasteiger charge is -2.29. The molecule has 3 rings (SSSR count). The third-order valence-corrected chi connectivity index (χ3v) is 4.52. The van der Waals surface area contributed by atoms with E-state index in [0.29, 0.717) is 18.7 Å². The van der Waals surface area contributed by atoms with E-state index in [1.165, 1.54) is 11.1 Å². The van der Waals surface area contributed by atoms with Gasteiger partial charge in [-0.3, -0.25) is 4.79 Å². The van der Waals surface area contributed by atoms with Crippen LogP contribution < -0.4 is 4.74 Å². The predicted molar refractivity (Wildman–Crippen MR) is 97.8 cm³/mol. The number of rotatable bonds is 5. The molecule has 1 heterocycles. The topological polar surface area (TPSA) is 38.8 Å². The number of fused-ring (bicyclic) bond motifs is 1. The molecule has 0 aliphatic carbocycles. The highest BCUT2D eigenvalue weighted by molar-refractivity contribution is 5.94. The lowest BCUT2D eigenvalue weighted by atomic mass is 9.99. The third-order valence-electron chi connectivity index (χ3n) is 4.52. The molecule has 4 heteroatoms. The van der Waals surface area contributed by atoms with E-state index in [1.807, 2.05) is 43.0 Å². The van der Waals surface area contributed by atoms with Crippen molar-refractivity contribution in [2.75, 3.05) is 13.7 Å². The lowest BCUT2D eigenvalue weighted by molar-refractivity contribution is 0.0642. The van der Waals surface area contributed by atoms with Gasteiger partial charge in [0.1, 0.15) is 5.75 Å². The summed E-state index contributed by atoms with van der Waals surface area (Å²) in [5.74, 6) is 0.809. The SMILES string of the molecule is COc1ccc(C(=O)N2CCc3ccccc3C2)cc1COC(C)C. The summed E-state index contributed by atoms with van der Waals surface area (Å²) in [4.78, 5) is 14.9. The van der Waals surface area contributed by atoms with Gasteiger partial charge < -0.3 is 14.4 Å². The van der Waals surface area contributed by atoms with Crippen molar-refractivity contribution in [1.29, 1.82) is 0 Å². The highest BCUT2D eigenvalue weighted by atomic mass is 16.5. The number of carbonyl (C=O) groups excluding carboxylic acids is 1. The van der Waals surface area contributed by atoms with Crippen molar-refractivity contribution < 1.29 is 14.3 Å². The van der Waals surface area contributed by atoms with Gasteiger partial charge in [-0.15, -0.1) is 0 Å². The largest absolute Gasteiger partial charge is 0.496 e. The fraction of sp³-hybridized carbons (Fsp3) is 0.381. The van der Waals surface area contributed by atoms with Gasteiger partial charge in [0.25, 0.3) is 5.91 Å². The maximum atomic E-state index is 12.9. The van der Waals surface area contributed by atoms with Crippen molar-refractivity contribution in [3.8, 4) is 5.75 Å². The molecule has 0 atom stereocenters. The summed E-state index contributed by atoms with van der Waals surface area (Å²) < 4.78 is 11.1. The van der Waals surface area contributed by atoms with Gasteiger partial charge in [-0.1, -0.05) is 24.3 Å². The van der Waals surface area contributed by atoms with E-state index in [1.54, 1.807) is 7.11 Å². The molecule has 0 aromatic heterocycles. The van der Waals surface area contributed by atoms with Crippen LogP contribution in [0.25, 0.3) is 0 Å². The van der Waals surface area contributed by atoms with Crippen molar-refractivity contribution in [3.63, 3.8) is 0 Å². The number of hydrogen-bond acceptors (Lipinski definition) is 3. The first-order valence-electron chi connectivity index (χ1n) is 8.73. The second kappa shape index (κ2) is 7.70. The number of methoxy groups -OCH3 is 1. The molecule has 0 N–H and O–H groups in total. The summed E-state index contributed by atoms with van der Waals surface area (Å²) in [5, 5.41) is 0. The minimum Gasteiger partial charge on any atom is -0.496 e. The predicted octanol–water partition coefficient (Wildman–Crippen LogP) is 3.82. The lowest BCUT2D eigenvalue weighted by Crippen LogP contribution is -2.36. The van der Waals surface area contributed by atoms with Gasteiger partial charge in [0.15, 0.2) is 0 Å². The monoisotopic (exact) mass is 339 g/mol. The maximum Gasteiger partial charge on any atom is 0.254 e. The van der Waals surface area contributed by atoms with Gasteiger partial charge in [0.05, 0.1) is 19.8 Å². The summed E-state index contributed by atoms with van der Waals surface area (Å²) in [5.41, 5.74) is 4.16. The van der Waals surface area contributed by atoms with Crippen LogP contribution in [-0.4, -0.2) is 30.6 Å². The molecule has 1 amide bonds. The third kappa shape index (κ3) is 4.02. The van der Waals surface area contributed by atoms with E-state index in [2.05, 4.69) is 18.2 Å². The van der Waals surface area contributed by atoms with Crippen molar-refractivity contribution in [1.82, 2.24) is 4.90 Å². The van der Waals surface area contributed by atoms with Gasteiger partial charge in [-0.25, -0.2) is 0 Å². The molecule has 25 heavy (non-hydrogen) atoms. The molecule has 0 fully saturated rings. The Bertz CT molecular complexity index is 755. The molecule has 0 unspecified atom stereocenters. The van der Waals surface area contributed by atoms with Crippen LogP contribution in [0.1, 0.15) is 40.9 Å². The maximum absolute atomic E-state index is 12.9. The van der Waals surface area contributed by atoms with E-state index < -0.39 is 0 Å². The molecule has 132 valence electrons. The van der Waals surface area contributed by atoms with E-state index in [4.69, 9.17) is 9.47 Å². The highest BCUT2D eigenvalue weighted by Crippen LogP contribution is 2.24. The first-order valence-corrected chi connectivity index (χ1v) is 8.73. The standard InChI is InChI=1S/C21H25NO3/c1-15(2)25-14-19-12-17(8-9-20(19)24-3)21(23)22-11-10-16-6-4-5-7-18(16)13-22/h4-9,12,15H,10-11,13-14H2,1-3H3. The Hall–Kier alpha value is -2.33. The molecule has 1 aliphatic heterocycles. The normalized spacial score (nSPS) is 13.7. The molecule has 0 bridgehead atoms. The zero-order valence-electron chi connectivity index (χ0n) is 15.1. The minimum atomic E-state index is 0.0583. The van der Waals surface area contributed by atoms with Crippen LogP contribution in [0.4, 0.5) is 0 Å². The first kappa shape index (κ1) is 17.5. The quantitative estimate of drug-likeness (QED) is 0.831. The van der Waals surface area contributed by atoms with Gasteiger partial charge in [0, 0.05) is 24.2 Å². The Morgan fingerprint density at radius 1 is 1.16 bits per heavy atom. The van der Waals surface area contributed by atoms with Crippen molar-refractivity contribution >= 4 is 5.91 Å². The fourth-order valence-corrected chi connectivity index (χ4v) is 3.13. The molecule has 0 radical (unpaired) electrons. The minimum absolute atomic E-state index is 0.0583. The van der Waals surface area contributed by atoms with Crippen LogP contribution in [0, 0.1) is 0 Å². The summed E-state index contributed by atoms with van der Waals surface area (Å²) in [6.45, 7) is 5.84. The zero-order chi connectivity index (χ0) is 17.8. The van der Waals surface area contributed by atoms with Gasteiger partial charge in [-0.05, 0) is 49.6 Å². The van der Waals surface area contributed by atoms with Crippen molar-refractivity contribution in [2.24, 2.45) is 0 Å². The van der Waals surface area contributed by atoms with Crippen LogP contribution in [0.3, 0.4) is 0 Å². The fourth-order valence-electron chi connectivity index (χ4n) is 3.13. The smallest absolute Gasteiger partial charge is 0.254 e. The number of nitrogens with zero attached hydrogens (tertiary/aromatic N) is 1. The Labute approximate surface area is 149 Å². The molecule has 2 aromatic rings. The van der Waals surface area contributed by atoms with E-state index in [-0.39, 0.29) is 12.0 Å². The van der Waals surface area contributed by atoms with Crippen LogP contribution in [-0.2, 0) is 24.3 Å². The molecular formula is C21H25NO3. The molecule has 0 saturated heterocycles. The number of amides is 1. The highest BCUT2D eigenvalue weighted by Gasteiger charge is 2.22. The van der Waals surface area contributed by atoms with Crippen molar-refractivity contribution in [2.45, 2.75) is 39.5 Å². The van der Waals surface area contributed by atoms with Crippen LogP contribution in [0.2, 0.25) is 0 Å². The van der Waals surface area contributed by atoms with E-state index >= 15 is 0 Å². The van der Waals surface area contributed by atoms with E-state index in [0.717, 1.165) is 24.3 Å². The first-order chi connectivity index (χ1) is 12.1. The summed E-state index contributed by atoms with van der Waals surface area (Å²) in [7, 11) is 1.64. The Kier molecular flexibility index (Phi) is 5.39. The Morgan fingerprint density at radius 2 is 1.92 bits per heavy atom. The number of ether oxygens (including phenoxy) is 2. The molecule has 1 aliphatic rings. The average Bonchev–Trinajstić information content (AvgIpc) is 2.65. The average molecular weight is 339 g/mol. The van der Waals surface area contributed by atoms with Crippen LogP contribution in [0.15, 0.2) is 42.5 Å². The number of benzene rings is 2. The molecule has 0 saturated carbocycles. The van der Waals surface area contributed by atoms with Crippen LogP contribution >= 0.6 is 0 Å². The second-order valence-electron chi connectivity index (χ2n) is 6.63. The summed E-state index contributed by atoms with van der Waals surface area (Å²) in [6, 6.07) is 13.9. The Morgan fingerprint density at radius 3 is 2.64 bits per heavy atom. The molecule has 4 nitrogen and oxygen atoms in total. The van der Waals surface area contributed by atoms with Gasteiger partial charge in [0.2, 0.25) is 0 Å².